The predicted octanol–water partition coefficient (Wildman–Crippen LogP) is 1.06. The second-order valence-electron chi connectivity index (χ2n) is 2.28. The topological polar surface area (TPSA) is 42.0 Å². The Morgan fingerprint density at radius 3 is 3.15 bits per heavy atom. The highest BCUT2D eigenvalue weighted by Gasteiger charge is 2.00. The summed E-state index contributed by atoms with van der Waals surface area (Å²) in [5.41, 5.74) is 0. The van der Waals surface area contributed by atoms with Crippen molar-refractivity contribution in [1.29, 1.82) is 0 Å². The Kier molecular flexibility index (Phi) is 3.70. The van der Waals surface area contributed by atoms with Crippen LogP contribution < -0.4 is 5.32 Å². The standard InChI is InChI=1S/C8H9FN2OS/c1-10-8(12)5-13-6-2-3-11-7(9)4-6/h2-4H,5H2,1H3,(H,10,12). The van der Waals surface area contributed by atoms with E-state index in [4.69, 9.17) is 0 Å². The van der Waals surface area contributed by atoms with Crippen molar-refractivity contribution in [3.8, 4) is 0 Å². The van der Waals surface area contributed by atoms with E-state index in [1.807, 2.05) is 0 Å². The van der Waals surface area contributed by atoms with Crippen molar-refractivity contribution in [1.82, 2.24) is 10.3 Å². The highest BCUT2D eigenvalue weighted by Crippen LogP contribution is 2.16. The minimum atomic E-state index is -0.526. The molecule has 1 N–H and O–H groups in total. The minimum absolute atomic E-state index is 0.0813. The average molecular weight is 200 g/mol. The number of hydrogen-bond acceptors (Lipinski definition) is 3. The van der Waals surface area contributed by atoms with Crippen LogP contribution in [0.25, 0.3) is 0 Å². The normalized spacial score (nSPS) is 9.69. The number of halogens is 1. The molecule has 0 aliphatic carbocycles. The molecule has 1 heterocycles. The number of nitrogens with zero attached hydrogens (tertiary/aromatic N) is 1. The molecule has 1 aromatic heterocycles. The van der Waals surface area contributed by atoms with E-state index in [0.29, 0.717) is 10.6 Å². The summed E-state index contributed by atoms with van der Waals surface area (Å²) >= 11 is 1.28. The fraction of sp³-hybridized carbons (Fsp3) is 0.250. The summed E-state index contributed by atoms with van der Waals surface area (Å²) in [6, 6.07) is 2.96. The Balaban J connectivity index is 2.50. The molecule has 0 aromatic carbocycles. The number of thioether (sulfide) groups is 1. The van der Waals surface area contributed by atoms with Gasteiger partial charge in [0, 0.05) is 24.2 Å². The maximum atomic E-state index is 12.5. The second kappa shape index (κ2) is 4.81. The average Bonchev–Trinajstić information content (AvgIpc) is 2.14. The number of pyridine rings is 1. The van der Waals surface area contributed by atoms with Gasteiger partial charge in [0.25, 0.3) is 0 Å². The molecule has 0 saturated heterocycles. The van der Waals surface area contributed by atoms with Crippen LogP contribution in [0.1, 0.15) is 0 Å². The highest BCUT2D eigenvalue weighted by atomic mass is 32.2. The van der Waals surface area contributed by atoms with Crippen LogP contribution >= 0.6 is 11.8 Å². The van der Waals surface area contributed by atoms with Crippen molar-refractivity contribution in [2.75, 3.05) is 12.8 Å². The molecule has 0 bridgehead atoms. The molecule has 3 nitrogen and oxygen atoms in total. The Bertz CT molecular complexity index is 306. The monoisotopic (exact) mass is 200 g/mol. The van der Waals surface area contributed by atoms with E-state index in [-0.39, 0.29) is 5.91 Å². The van der Waals surface area contributed by atoms with Crippen LogP contribution in [0, 0.1) is 5.95 Å². The van der Waals surface area contributed by atoms with E-state index in [9.17, 15) is 9.18 Å². The van der Waals surface area contributed by atoms with Crippen molar-refractivity contribution in [3.05, 3.63) is 24.3 Å². The Hall–Kier alpha value is -1.10. The van der Waals surface area contributed by atoms with Gasteiger partial charge >= 0.3 is 0 Å². The lowest BCUT2D eigenvalue weighted by atomic mass is 10.5. The molecule has 13 heavy (non-hydrogen) atoms. The fourth-order valence-electron chi connectivity index (χ4n) is 0.696. The summed E-state index contributed by atoms with van der Waals surface area (Å²) in [5, 5.41) is 2.48. The Morgan fingerprint density at radius 2 is 2.54 bits per heavy atom. The van der Waals surface area contributed by atoms with Crippen molar-refractivity contribution in [2.24, 2.45) is 0 Å². The van der Waals surface area contributed by atoms with Gasteiger partial charge in [-0.3, -0.25) is 4.79 Å². The maximum absolute atomic E-state index is 12.5. The van der Waals surface area contributed by atoms with E-state index < -0.39 is 5.95 Å². The van der Waals surface area contributed by atoms with Crippen LogP contribution in [0.4, 0.5) is 4.39 Å². The zero-order valence-corrected chi connectivity index (χ0v) is 7.90. The van der Waals surface area contributed by atoms with Crippen molar-refractivity contribution >= 4 is 17.7 Å². The van der Waals surface area contributed by atoms with Gasteiger partial charge in [-0.15, -0.1) is 11.8 Å². The third kappa shape index (κ3) is 3.42. The van der Waals surface area contributed by atoms with Gasteiger partial charge in [0.05, 0.1) is 5.75 Å². The molecule has 0 radical (unpaired) electrons. The molecule has 0 aliphatic heterocycles. The Labute approximate surface area is 79.7 Å². The molecule has 70 valence electrons. The number of nitrogens with one attached hydrogen (secondary N) is 1. The van der Waals surface area contributed by atoms with Gasteiger partial charge in [0.2, 0.25) is 11.9 Å². The highest BCUT2D eigenvalue weighted by molar-refractivity contribution is 8.00. The lowest BCUT2D eigenvalue weighted by Crippen LogP contribution is -2.19. The first-order valence-electron chi connectivity index (χ1n) is 3.67. The maximum Gasteiger partial charge on any atom is 0.230 e. The summed E-state index contributed by atoms with van der Waals surface area (Å²) < 4.78 is 12.5. The van der Waals surface area contributed by atoms with Crippen LogP contribution in [0.3, 0.4) is 0 Å². The molecule has 0 fully saturated rings. The number of hydrogen-bond donors (Lipinski definition) is 1. The minimum Gasteiger partial charge on any atom is -0.358 e. The van der Waals surface area contributed by atoms with Crippen molar-refractivity contribution in [2.45, 2.75) is 4.90 Å². The molecule has 0 aliphatic rings. The molecule has 1 amide bonds. The largest absolute Gasteiger partial charge is 0.358 e. The molecule has 5 heteroatoms. The quantitative estimate of drug-likeness (QED) is 0.586. The zero-order chi connectivity index (χ0) is 9.68. The lowest BCUT2D eigenvalue weighted by Gasteiger charge is -1.99. The molecule has 0 unspecified atom stereocenters. The third-order valence-corrected chi connectivity index (χ3v) is 2.34. The summed E-state index contributed by atoms with van der Waals surface area (Å²) in [6.07, 6.45) is 1.38. The fourth-order valence-corrected chi connectivity index (χ4v) is 1.48. The summed E-state index contributed by atoms with van der Waals surface area (Å²) in [6.45, 7) is 0. The molecular weight excluding hydrogens is 191 g/mol. The van der Waals surface area contributed by atoms with Gasteiger partial charge in [0.1, 0.15) is 0 Å². The molecule has 0 saturated carbocycles. The molecule has 1 aromatic rings. The van der Waals surface area contributed by atoms with Gasteiger partial charge in [-0.1, -0.05) is 0 Å². The number of carbonyl (C=O) groups excluding carboxylic acids is 1. The van der Waals surface area contributed by atoms with Gasteiger partial charge in [-0.25, -0.2) is 4.98 Å². The van der Waals surface area contributed by atoms with Gasteiger partial charge in [-0.2, -0.15) is 4.39 Å². The molecule has 0 spiro atoms. The Morgan fingerprint density at radius 1 is 1.77 bits per heavy atom. The van der Waals surface area contributed by atoms with E-state index in [0.717, 1.165) is 0 Å². The number of amides is 1. The van der Waals surface area contributed by atoms with Crippen LogP contribution in [0.15, 0.2) is 23.2 Å². The number of carbonyl (C=O) groups is 1. The van der Waals surface area contributed by atoms with E-state index in [1.54, 1.807) is 13.1 Å². The zero-order valence-electron chi connectivity index (χ0n) is 7.08. The first kappa shape index (κ1) is 9.98. The first-order valence-corrected chi connectivity index (χ1v) is 4.66. The number of rotatable bonds is 3. The van der Waals surface area contributed by atoms with Crippen LogP contribution in [-0.2, 0) is 4.79 Å². The van der Waals surface area contributed by atoms with Crippen LogP contribution in [-0.4, -0.2) is 23.7 Å². The van der Waals surface area contributed by atoms with Crippen LogP contribution in [0.5, 0.6) is 0 Å². The second-order valence-corrected chi connectivity index (χ2v) is 3.32. The molecule has 0 atom stereocenters. The summed E-state index contributed by atoms with van der Waals surface area (Å²) in [7, 11) is 1.57. The van der Waals surface area contributed by atoms with E-state index in [2.05, 4.69) is 10.3 Å². The van der Waals surface area contributed by atoms with Gasteiger partial charge in [-0.05, 0) is 6.07 Å². The molecular formula is C8H9FN2OS. The van der Waals surface area contributed by atoms with E-state index in [1.165, 1.54) is 24.0 Å². The molecule has 1 rings (SSSR count). The predicted molar refractivity (Wildman–Crippen MR) is 49.0 cm³/mol. The van der Waals surface area contributed by atoms with Gasteiger partial charge in [0.15, 0.2) is 0 Å². The van der Waals surface area contributed by atoms with Crippen molar-refractivity contribution < 1.29 is 9.18 Å². The van der Waals surface area contributed by atoms with E-state index >= 15 is 0 Å². The lowest BCUT2D eigenvalue weighted by molar-refractivity contribution is -0.118. The summed E-state index contributed by atoms with van der Waals surface area (Å²) in [5.74, 6) is -0.316. The SMILES string of the molecule is CNC(=O)CSc1ccnc(F)c1. The third-order valence-electron chi connectivity index (χ3n) is 1.35. The smallest absolute Gasteiger partial charge is 0.230 e. The number of aromatic nitrogens is 1. The first-order chi connectivity index (χ1) is 6.22. The van der Waals surface area contributed by atoms with Crippen LogP contribution in [0.2, 0.25) is 0 Å². The summed E-state index contributed by atoms with van der Waals surface area (Å²) in [4.78, 5) is 14.9. The van der Waals surface area contributed by atoms with Crippen molar-refractivity contribution in [3.63, 3.8) is 0 Å². The van der Waals surface area contributed by atoms with Gasteiger partial charge < -0.3 is 5.32 Å².